The highest BCUT2D eigenvalue weighted by molar-refractivity contribution is 5.79. The van der Waals surface area contributed by atoms with Crippen molar-refractivity contribution in [2.45, 2.75) is 33.4 Å². The summed E-state index contributed by atoms with van der Waals surface area (Å²) in [5, 5.41) is 0. The number of amides is 1. The second kappa shape index (κ2) is 7.83. The summed E-state index contributed by atoms with van der Waals surface area (Å²) in [6.07, 6.45) is 0. The molecule has 0 spiro atoms. The molecular formula is C15H24N2O4. The number of aryl methyl sites for hydroxylation is 1. The quantitative estimate of drug-likeness (QED) is 0.712. The van der Waals surface area contributed by atoms with Gasteiger partial charge in [-0.3, -0.25) is 14.5 Å². The number of esters is 1. The number of carbonyl (C=O) groups is 2. The molecule has 0 radical (unpaired) electrons. The average molecular weight is 296 g/mol. The van der Waals surface area contributed by atoms with E-state index >= 15 is 0 Å². The van der Waals surface area contributed by atoms with E-state index in [1.54, 1.807) is 16.8 Å². The zero-order chi connectivity index (χ0) is 16.0. The summed E-state index contributed by atoms with van der Waals surface area (Å²) in [4.78, 5) is 27.0. The number of nitrogens with zero attached hydrogens (tertiary/aromatic N) is 2. The topological polar surface area (TPSA) is 63.0 Å². The van der Waals surface area contributed by atoms with Crippen LogP contribution in [0.1, 0.15) is 25.4 Å². The summed E-state index contributed by atoms with van der Waals surface area (Å²) in [5.41, 5.74) is 0. The predicted molar refractivity (Wildman–Crippen MR) is 78.6 cm³/mol. The molecule has 0 aliphatic carbocycles. The smallest absolute Gasteiger partial charge is 0.319 e. The highest BCUT2D eigenvalue weighted by Gasteiger charge is 2.20. The first kappa shape index (κ1) is 17.2. The molecule has 21 heavy (non-hydrogen) atoms. The maximum Gasteiger partial charge on any atom is 0.319 e. The van der Waals surface area contributed by atoms with Gasteiger partial charge >= 0.3 is 5.97 Å². The third-order valence-corrected chi connectivity index (χ3v) is 3.24. The van der Waals surface area contributed by atoms with Crippen LogP contribution in [0.3, 0.4) is 0 Å². The van der Waals surface area contributed by atoms with Crippen LogP contribution in [0.25, 0.3) is 0 Å². The number of methoxy groups -OCH3 is 1. The normalized spacial score (nSPS) is 11.0. The predicted octanol–water partition coefficient (Wildman–Crippen LogP) is 1.43. The maximum atomic E-state index is 12.2. The van der Waals surface area contributed by atoms with E-state index in [1.165, 1.54) is 7.11 Å². The minimum atomic E-state index is -0.346. The Bertz CT molecular complexity index is 482. The lowest BCUT2D eigenvalue weighted by atomic mass is 10.3. The van der Waals surface area contributed by atoms with E-state index in [0.717, 1.165) is 11.5 Å². The van der Waals surface area contributed by atoms with Crippen LogP contribution in [0.4, 0.5) is 0 Å². The first-order valence-corrected chi connectivity index (χ1v) is 6.93. The fraction of sp³-hybridized carbons (Fsp3) is 0.600. The van der Waals surface area contributed by atoms with Gasteiger partial charge in [0.1, 0.15) is 11.5 Å². The molecule has 0 aliphatic heterocycles. The van der Waals surface area contributed by atoms with Crippen LogP contribution in [0.2, 0.25) is 0 Å². The number of hydrogen-bond donors (Lipinski definition) is 0. The Labute approximate surface area is 125 Å². The van der Waals surface area contributed by atoms with Crippen molar-refractivity contribution in [3.8, 4) is 0 Å². The third kappa shape index (κ3) is 5.59. The molecule has 118 valence electrons. The van der Waals surface area contributed by atoms with Gasteiger partial charge in [0.25, 0.3) is 0 Å². The molecule has 1 rings (SSSR count). The molecule has 0 unspecified atom stereocenters. The summed E-state index contributed by atoms with van der Waals surface area (Å²) in [6.45, 7) is 6.42. The third-order valence-electron chi connectivity index (χ3n) is 3.24. The van der Waals surface area contributed by atoms with Crippen molar-refractivity contribution in [3.05, 3.63) is 23.7 Å². The molecule has 1 heterocycles. The first-order valence-electron chi connectivity index (χ1n) is 6.93. The number of likely N-dealkylation sites (N-methyl/N-ethyl adjacent to an activating group) is 1. The van der Waals surface area contributed by atoms with Gasteiger partial charge in [-0.25, -0.2) is 0 Å². The van der Waals surface area contributed by atoms with E-state index in [1.807, 2.05) is 32.9 Å². The van der Waals surface area contributed by atoms with E-state index in [2.05, 4.69) is 4.74 Å². The monoisotopic (exact) mass is 296 g/mol. The molecule has 0 fully saturated rings. The van der Waals surface area contributed by atoms with Crippen LogP contribution in [-0.2, 0) is 20.9 Å². The number of rotatable bonds is 7. The van der Waals surface area contributed by atoms with Gasteiger partial charge in [-0.15, -0.1) is 0 Å². The Balaban J connectivity index is 2.57. The Hall–Kier alpha value is -1.82. The van der Waals surface area contributed by atoms with Crippen molar-refractivity contribution in [1.29, 1.82) is 0 Å². The fourth-order valence-electron chi connectivity index (χ4n) is 1.84. The minimum Gasteiger partial charge on any atom is -0.468 e. The number of carbonyl (C=O) groups excluding carboxylic acids is 2. The standard InChI is InChI=1S/C15H24N2O4/c1-11(2)17(10-15(19)20-5)9-14(18)16(4)8-13-7-6-12(3)21-13/h6-7,11H,8-10H2,1-5H3. The number of ether oxygens (including phenoxy) is 1. The lowest BCUT2D eigenvalue weighted by molar-refractivity contribution is -0.143. The van der Waals surface area contributed by atoms with Crippen LogP contribution >= 0.6 is 0 Å². The van der Waals surface area contributed by atoms with Crippen molar-refractivity contribution in [2.75, 3.05) is 27.2 Å². The first-order chi connectivity index (χ1) is 9.83. The van der Waals surface area contributed by atoms with Crippen molar-refractivity contribution in [3.63, 3.8) is 0 Å². The molecule has 6 nitrogen and oxygen atoms in total. The summed E-state index contributed by atoms with van der Waals surface area (Å²) in [6, 6.07) is 3.80. The molecule has 0 N–H and O–H groups in total. The maximum absolute atomic E-state index is 12.2. The largest absolute Gasteiger partial charge is 0.468 e. The lowest BCUT2D eigenvalue weighted by Crippen LogP contribution is -2.43. The Kier molecular flexibility index (Phi) is 6.42. The zero-order valence-electron chi connectivity index (χ0n) is 13.4. The summed E-state index contributed by atoms with van der Waals surface area (Å²) < 4.78 is 10.1. The van der Waals surface area contributed by atoms with Crippen molar-refractivity contribution >= 4 is 11.9 Å². The van der Waals surface area contributed by atoms with E-state index in [0.29, 0.717) is 6.54 Å². The molecule has 0 aliphatic rings. The van der Waals surface area contributed by atoms with Gasteiger partial charge in [-0.05, 0) is 32.9 Å². The summed E-state index contributed by atoms with van der Waals surface area (Å²) >= 11 is 0. The average Bonchev–Trinajstić information content (AvgIpc) is 2.82. The van der Waals surface area contributed by atoms with Crippen LogP contribution in [0.15, 0.2) is 16.5 Å². The van der Waals surface area contributed by atoms with Crippen LogP contribution in [0.5, 0.6) is 0 Å². The molecule has 0 saturated heterocycles. The van der Waals surface area contributed by atoms with Gasteiger partial charge in [0.2, 0.25) is 5.91 Å². The molecule has 0 saturated carbocycles. The number of furan rings is 1. The van der Waals surface area contributed by atoms with Gasteiger partial charge in [0, 0.05) is 13.1 Å². The SMILES string of the molecule is COC(=O)CN(CC(=O)N(C)Cc1ccc(C)o1)C(C)C. The molecule has 0 aromatic carbocycles. The molecule has 1 aromatic rings. The molecule has 6 heteroatoms. The molecule has 0 atom stereocenters. The van der Waals surface area contributed by atoms with E-state index < -0.39 is 0 Å². The molecule has 1 aromatic heterocycles. The second-order valence-electron chi connectivity index (χ2n) is 5.34. The summed E-state index contributed by atoms with van der Waals surface area (Å²) in [7, 11) is 3.06. The second-order valence-corrected chi connectivity index (χ2v) is 5.34. The van der Waals surface area contributed by atoms with Gasteiger partial charge < -0.3 is 14.1 Å². The van der Waals surface area contributed by atoms with Gasteiger partial charge in [-0.2, -0.15) is 0 Å². The Morgan fingerprint density at radius 3 is 2.43 bits per heavy atom. The van der Waals surface area contributed by atoms with Gasteiger partial charge in [0.15, 0.2) is 0 Å². The molecule has 1 amide bonds. The highest BCUT2D eigenvalue weighted by Crippen LogP contribution is 2.09. The molecule has 0 bridgehead atoms. The van der Waals surface area contributed by atoms with Crippen molar-refractivity contribution < 1.29 is 18.7 Å². The van der Waals surface area contributed by atoms with E-state index in [-0.39, 0.29) is 31.0 Å². The van der Waals surface area contributed by atoms with Gasteiger partial charge in [0.05, 0.1) is 26.7 Å². The number of hydrogen-bond acceptors (Lipinski definition) is 5. The zero-order valence-corrected chi connectivity index (χ0v) is 13.4. The Morgan fingerprint density at radius 1 is 1.29 bits per heavy atom. The minimum absolute atomic E-state index is 0.0679. The highest BCUT2D eigenvalue weighted by atomic mass is 16.5. The van der Waals surface area contributed by atoms with E-state index in [9.17, 15) is 9.59 Å². The van der Waals surface area contributed by atoms with E-state index in [4.69, 9.17) is 4.42 Å². The Morgan fingerprint density at radius 2 is 1.95 bits per heavy atom. The van der Waals surface area contributed by atoms with Crippen LogP contribution in [0, 0.1) is 6.92 Å². The molecular weight excluding hydrogens is 272 g/mol. The fourth-order valence-corrected chi connectivity index (χ4v) is 1.84. The van der Waals surface area contributed by atoms with Crippen LogP contribution < -0.4 is 0 Å². The van der Waals surface area contributed by atoms with Crippen molar-refractivity contribution in [2.24, 2.45) is 0 Å². The van der Waals surface area contributed by atoms with Crippen LogP contribution in [-0.4, -0.2) is 55.0 Å². The summed E-state index contributed by atoms with van der Waals surface area (Å²) in [5.74, 6) is 1.15. The lowest BCUT2D eigenvalue weighted by Gasteiger charge is -2.26. The van der Waals surface area contributed by atoms with Crippen molar-refractivity contribution in [1.82, 2.24) is 9.80 Å². The van der Waals surface area contributed by atoms with Gasteiger partial charge in [-0.1, -0.05) is 0 Å².